The molecule has 1 heterocycles. The molecule has 0 aliphatic heterocycles. The van der Waals surface area contributed by atoms with E-state index < -0.39 is 0 Å². The molecule has 0 radical (unpaired) electrons. The van der Waals surface area contributed by atoms with Crippen LogP contribution in [0.15, 0.2) is 28.8 Å². The summed E-state index contributed by atoms with van der Waals surface area (Å²) in [5, 5.41) is 13.8. The quantitative estimate of drug-likeness (QED) is 0.812. The van der Waals surface area contributed by atoms with E-state index in [1.807, 2.05) is 12.1 Å². The van der Waals surface area contributed by atoms with Gasteiger partial charge in [0, 0.05) is 17.1 Å². The van der Waals surface area contributed by atoms with Crippen LogP contribution in [0.5, 0.6) is 0 Å². The normalized spacial score (nSPS) is 11.2. The molecule has 0 unspecified atom stereocenters. The number of unbranched alkanes of at least 4 members (excludes halogenated alkanes) is 1. The van der Waals surface area contributed by atoms with Crippen molar-refractivity contribution in [2.24, 2.45) is 0 Å². The molecule has 1 aromatic heterocycles. The maximum Gasteiger partial charge on any atom is 0.257 e. The SMILES string of the molecule is CCCCN(CCO)Cc1noc(-c2ccc(Cl)cc2)n1. The first-order chi connectivity index (χ1) is 10.2. The molecule has 0 bridgehead atoms. The highest BCUT2D eigenvalue weighted by atomic mass is 35.5. The number of halogens is 1. The van der Waals surface area contributed by atoms with E-state index in [9.17, 15) is 0 Å². The molecule has 0 fully saturated rings. The Bertz CT molecular complexity index is 542. The van der Waals surface area contributed by atoms with Gasteiger partial charge in [-0.25, -0.2) is 0 Å². The van der Waals surface area contributed by atoms with Crippen molar-refractivity contribution >= 4 is 11.6 Å². The van der Waals surface area contributed by atoms with Crippen LogP contribution in [0, 0.1) is 0 Å². The van der Waals surface area contributed by atoms with E-state index in [1.54, 1.807) is 12.1 Å². The summed E-state index contributed by atoms with van der Waals surface area (Å²) >= 11 is 5.86. The van der Waals surface area contributed by atoms with Gasteiger partial charge in [0.2, 0.25) is 0 Å². The average molecular weight is 310 g/mol. The molecule has 0 aliphatic carbocycles. The number of nitrogens with zero attached hydrogens (tertiary/aromatic N) is 3. The summed E-state index contributed by atoms with van der Waals surface area (Å²) in [5.41, 5.74) is 0.848. The fraction of sp³-hybridized carbons (Fsp3) is 0.467. The fourth-order valence-corrected chi connectivity index (χ4v) is 2.15. The van der Waals surface area contributed by atoms with Gasteiger partial charge in [-0.15, -0.1) is 0 Å². The number of hydrogen-bond donors (Lipinski definition) is 1. The molecule has 2 aromatic rings. The molecule has 0 atom stereocenters. The number of aliphatic hydroxyl groups excluding tert-OH is 1. The van der Waals surface area contributed by atoms with Crippen molar-refractivity contribution in [3.8, 4) is 11.5 Å². The third-order valence-corrected chi connectivity index (χ3v) is 3.42. The maximum absolute atomic E-state index is 9.10. The molecule has 5 nitrogen and oxygen atoms in total. The third kappa shape index (κ3) is 4.81. The zero-order valence-electron chi connectivity index (χ0n) is 12.1. The highest BCUT2D eigenvalue weighted by Gasteiger charge is 2.12. The van der Waals surface area contributed by atoms with Crippen LogP contribution in [0.1, 0.15) is 25.6 Å². The summed E-state index contributed by atoms with van der Waals surface area (Å²) < 4.78 is 5.28. The molecule has 0 amide bonds. The van der Waals surface area contributed by atoms with Crippen LogP contribution < -0.4 is 0 Å². The summed E-state index contributed by atoms with van der Waals surface area (Å²) in [6.45, 7) is 4.39. The molecular formula is C15H20ClN3O2. The minimum absolute atomic E-state index is 0.131. The second-order valence-corrected chi connectivity index (χ2v) is 5.31. The lowest BCUT2D eigenvalue weighted by Gasteiger charge is -2.18. The van der Waals surface area contributed by atoms with Crippen LogP contribution >= 0.6 is 11.6 Å². The predicted molar refractivity (Wildman–Crippen MR) is 82.0 cm³/mol. The molecule has 21 heavy (non-hydrogen) atoms. The van der Waals surface area contributed by atoms with Gasteiger partial charge in [0.25, 0.3) is 5.89 Å². The van der Waals surface area contributed by atoms with Crippen molar-refractivity contribution in [1.29, 1.82) is 0 Å². The monoisotopic (exact) mass is 309 g/mol. The Labute approximate surface area is 129 Å². The van der Waals surface area contributed by atoms with Crippen LogP contribution in [0.3, 0.4) is 0 Å². The first-order valence-corrected chi connectivity index (χ1v) is 7.52. The second kappa shape index (κ2) is 8.12. The molecule has 2 rings (SSSR count). The zero-order valence-corrected chi connectivity index (χ0v) is 12.9. The molecule has 1 aromatic carbocycles. The lowest BCUT2D eigenvalue weighted by molar-refractivity contribution is 0.184. The van der Waals surface area contributed by atoms with Gasteiger partial charge in [-0.1, -0.05) is 30.1 Å². The van der Waals surface area contributed by atoms with Crippen molar-refractivity contribution in [1.82, 2.24) is 15.0 Å². The maximum atomic E-state index is 9.10. The van der Waals surface area contributed by atoms with Crippen molar-refractivity contribution < 1.29 is 9.63 Å². The summed E-state index contributed by atoms with van der Waals surface area (Å²) in [6, 6.07) is 7.28. The minimum atomic E-state index is 0.131. The number of benzene rings is 1. The number of hydrogen-bond acceptors (Lipinski definition) is 5. The summed E-state index contributed by atoms with van der Waals surface area (Å²) in [4.78, 5) is 6.52. The van der Waals surface area contributed by atoms with Crippen LogP contribution in [0.25, 0.3) is 11.5 Å². The Balaban J connectivity index is 2.02. The third-order valence-electron chi connectivity index (χ3n) is 3.17. The first kappa shape index (κ1) is 15.9. The van der Waals surface area contributed by atoms with E-state index in [1.165, 1.54) is 0 Å². The smallest absolute Gasteiger partial charge is 0.257 e. The standard InChI is InChI=1S/C15H20ClN3O2/c1-2-3-8-19(9-10-20)11-14-17-15(21-18-14)12-4-6-13(16)7-5-12/h4-7,20H,2-3,8-11H2,1H3. The van der Waals surface area contributed by atoms with Gasteiger partial charge in [0.15, 0.2) is 5.82 Å². The van der Waals surface area contributed by atoms with Crippen LogP contribution in [0.4, 0.5) is 0 Å². The van der Waals surface area contributed by atoms with Crippen molar-refractivity contribution in [2.75, 3.05) is 19.7 Å². The Kier molecular flexibility index (Phi) is 6.17. The highest BCUT2D eigenvalue weighted by Crippen LogP contribution is 2.20. The van der Waals surface area contributed by atoms with E-state index in [-0.39, 0.29) is 6.61 Å². The Morgan fingerprint density at radius 3 is 2.67 bits per heavy atom. The lowest BCUT2D eigenvalue weighted by atomic mass is 10.2. The second-order valence-electron chi connectivity index (χ2n) is 4.88. The Hall–Kier alpha value is -1.43. The number of aromatic nitrogens is 2. The van der Waals surface area contributed by atoms with Crippen molar-refractivity contribution in [3.63, 3.8) is 0 Å². The van der Waals surface area contributed by atoms with E-state index in [0.29, 0.717) is 29.8 Å². The summed E-state index contributed by atoms with van der Waals surface area (Å²) in [7, 11) is 0. The van der Waals surface area contributed by atoms with Crippen LogP contribution in [-0.4, -0.2) is 39.8 Å². The molecule has 0 saturated heterocycles. The van der Waals surface area contributed by atoms with E-state index in [0.717, 1.165) is 24.9 Å². The molecule has 6 heteroatoms. The topological polar surface area (TPSA) is 62.4 Å². The molecule has 0 spiro atoms. The number of aliphatic hydroxyl groups is 1. The lowest BCUT2D eigenvalue weighted by Crippen LogP contribution is -2.28. The van der Waals surface area contributed by atoms with Gasteiger partial charge < -0.3 is 9.63 Å². The van der Waals surface area contributed by atoms with E-state index in [2.05, 4.69) is 22.0 Å². The zero-order chi connectivity index (χ0) is 15.1. The average Bonchev–Trinajstić information content (AvgIpc) is 2.94. The summed E-state index contributed by atoms with van der Waals surface area (Å²) in [5.74, 6) is 1.12. The van der Waals surface area contributed by atoms with E-state index >= 15 is 0 Å². The molecule has 0 aliphatic rings. The molecular weight excluding hydrogens is 290 g/mol. The molecule has 0 saturated carbocycles. The molecule has 114 valence electrons. The van der Waals surface area contributed by atoms with Gasteiger partial charge in [0.05, 0.1) is 13.2 Å². The van der Waals surface area contributed by atoms with Gasteiger partial charge in [0.1, 0.15) is 0 Å². The minimum Gasteiger partial charge on any atom is -0.395 e. The predicted octanol–water partition coefficient (Wildman–Crippen LogP) is 2.98. The first-order valence-electron chi connectivity index (χ1n) is 7.14. The summed E-state index contributed by atoms with van der Waals surface area (Å²) in [6.07, 6.45) is 2.20. The van der Waals surface area contributed by atoms with Crippen LogP contribution in [-0.2, 0) is 6.54 Å². The Morgan fingerprint density at radius 2 is 2.00 bits per heavy atom. The van der Waals surface area contributed by atoms with Gasteiger partial charge in [-0.3, -0.25) is 4.90 Å². The molecule has 1 N–H and O–H groups in total. The van der Waals surface area contributed by atoms with Gasteiger partial charge in [-0.05, 0) is 37.2 Å². The van der Waals surface area contributed by atoms with E-state index in [4.69, 9.17) is 21.2 Å². The van der Waals surface area contributed by atoms with Crippen molar-refractivity contribution in [3.05, 3.63) is 35.1 Å². The van der Waals surface area contributed by atoms with Crippen molar-refractivity contribution in [2.45, 2.75) is 26.3 Å². The highest BCUT2D eigenvalue weighted by molar-refractivity contribution is 6.30. The fourth-order valence-electron chi connectivity index (χ4n) is 2.02. The van der Waals surface area contributed by atoms with Gasteiger partial charge in [-0.2, -0.15) is 4.98 Å². The Morgan fingerprint density at radius 1 is 1.24 bits per heavy atom. The van der Waals surface area contributed by atoms with Crippen LogP contribution in [0.2, 0.25) is 5.02 Å². The number of rotatable bonds is 8. The largest absolute Gasteiger partial charge is 0.395 e. The van der Waals surface area contributed by atoms with Gasteiger partial charge >= 0.3 is 0 Å².